The molecule has 2 nitrogen and oxygen atoms in total. The number of hydrogen-bond donors (Lipinski definition) is 2. The van der Waals surface area contributed by atoms with Crippen LogP contribution < -0.4 is 5.32 Å². The van der Waals surface area contributed by atoms with E-state index in [-0.39, 0.29) is 5.82 Å². The van der Waals surface area contributed by atoms with E-state index in [0.29, 0.717) is 13.0 Å². The van der Waals surface area contributed by atoms with Crippen molar-refractivity contribution in [2.24, 2.45) is 0 Å². The summed E-state index contributed by atoms with van der Waals surface area (Å²) in [5, 5.41) is 13.1. The van der Waals surface area contributed by atoms with Crippen LogP contribution in [0.25, 0.3) is 0 Å². The Morgan fingerprint density at radius 2 is 1.67 bits per heavy atom. The number of hydrogen-bond acceptors (Lipinski definition) is 2. The van der Waals surface area contributed by atoms with E-state index in [4.69, 9.17) is 0 Å². The fourth-order valence-corrected chi connectivity index (χ4v) is 1.76. The molecule has 0 aliphatic rings. The maximum Gasteiger partial charge on any atom is 0.123 e. The van der Waals surface area contributed by atoms with Gasteiger partial charge in [-0.25, -0.2) is 4.39 Å². The summed E-state index contributed by atoms with van der Waals surface area (Å²) in [6, 6.07) is 15.7. The van der Waals surface area contributed by atoms with Crippen molar-refractivity contribution in [1.82, 2.24) is 0 Å². The lowest BCUT2D eigenvalue weighted by Crippen LogP contribution is -2.07. The fraction of sp³-hybridized carbons (Fsp3) is 0.200. The first-order valence-corrected chi connectivity index (χ1v) is 5.98. The zero-order chi connectivity index (χ0) is 12.8. The maximum absolute atomic E-state index is 12.7. The molecule has 2 N–H and O–H groups in total. The van der Waals surface area contributed by atoms with E-state index >= 15 is 0 Å². The van der Waals surface area contributed by atoms with Crippen LogP contribution in [0.4, 0.5) is 10.1 Å². The van der Waals surface area contributed by atoms with Crippen LogP contribution in [0.1, 0.15) is 18.1 Å². The number of benzene rings is 2. The highest BCUT2D eigenvalue weighted by atomic mass is 19.1. The minimum atomic E-state index is -0.473. The van der Waals surface area contributed by atoms with E-state index in [9.17, 15) is 9.50 Å². The molecule has 0 saturated carbocycles. The van der Waals surface area contributed by atoms with Gasteiger partial charge in [0.25, 0.3) is 0 Å². The van der Waals surface area contributed by atoms with Crippen LogP contribution in [-0.4, -0.2) is 11.7 Å². The zero-order valence-corrected chi connectivity index (χ0v) is 10.0. The van der Waals surface area contributed by atoms with Gasteiger partial charge in [0.05, 0.1) is 6.10 Å². The third-order valence-electron chi connectivity index (χ3n) is 2.78. The molecule has 0 amide bonds. The molecule has 2 aromatic rings. The summed E-state index contributed by atoms with van der Waals surface area (Å²) in [6.07, 6.45) is 0.139. The van der Waals surface area contributed by atoms with Gasteiger partial charge in [-0.1, -0.05) is 30.3 Å². The first kappa shape index (κ1) is 12.6. The van der Waals surface area contributed by atoms with Crippen LogP contribution in [0.5, 0.6) is 0 Å². The summed E-state index contributed by atoms with van der Waals surface area (Å²) >= 11 is 0. The third-order valence-corrected chi connectivity index (χ3v) is 2.78. The molecule has 0 aliphatic heterocycles. The Kier molecular flexibility index (Phi) is 4.31. The number of rotatable bonds is 5. The third kappa shape index (κ3) is 3.57. The van der Waals surface area contributed by atoms with Gasteiger partial charge in [-0.15, -0.1) is 0 Å². The normalized spacial score (nSPS) is 12.1. The Hall–Kier alpha value is -1.87. The number of anilines is 1. The molecular weight excluding hydrogens is 229 g/mol. The van der Waals surface area contributed by atoms with Crippen LogP contribution in [0.2, 0.25) is 0 Å². The number of aliphatic hydroxyl groups excluding tert-OH is 1. The molecule has 0 saturated heterocycles. The smallest absolute Gasteiger partial charge is 0.123 e. The van der Waals surface area contributed by atoms with Crippen molar-refractivity contribution < 1.29 is 9.50 Å². The number of aliphatic hydroxyl groups is 1. The van der Waals surface area contributed by atoms with E-state index in [2.05, 4.69) is 5.32 Å². The highest BCUT2D eigenvalue weighted by Crippen LogP contribution is 2.16. The molecule has 1 unspecified atom stereocenters. The van der Waals surface area contributed by atoms with Gasteiger partial charge in [0.2, 0.25) is 0 Å². The van der Waals surface area contributed by atoms with E-state index in [1.165, 1.54) is 12.1 Å². The second kappa shape index (κ2) is 6.17. The Balaban J connectivity index is 1.80. The van der Waals surface area contributed by atoms with Crippen LogP contribution in [0, 0.1) is 5.82 Å². The Bertz CT molecular complexity index is 470. The van der Waals surface area contributed by atoms with Gasteiger partial charge in [-0.2, -0.15) is 0 Å². The highest BCUT2D eigenvalue weighted by molar-refractivity contribution is 5.42. The van der Waals surface area contributed by atoms with Crippen molar-refractivity contribution in [3.8, 4) is 0 Å². The van der Waals surface area contributed by atoms with Crippen LogP contribution in [0.3, 0.4) is 0 Å². The van der Waals surface area contributed by atoms with Gasteiger partial charge >= 0.3 is 0 Å². The molecule has 2 aromatic carbocycles. The predicted octanol–water partition coefficient (Wildman–Crippen LogP) is 3.36. The SMILES string of the molecule is OC(CCNc1ccc(F)cc1)c1ccccc1. The Morgan fingerprint density at radius 3 is 2.33 bits per heavy atom. The topological polar surface area (TPSA) is 32.3 Å². The molecule has 0 aromatic heterocycles. The summed E-state index contributed by atoms with van der Waals surface area (Å²) < 4.78 is 12.7. The van der Waals surface area contributed by atoms with Crippen molar-refractivity contribution in [3.05, 3.63) is 66.0 Å². The maximum atomic E-state index is 12.7. The molecule has 0 aliphatic carbocycles. The van der Waals surface area contributed by atoms with Crippen molar-refractivity contribution in [2.45, 2.75) is 12.5 Å². The van der Waals surface area contributed by atoms with Gasteiger partial charge in [0.1, 0.15) is 5.82 Å². The summed E-state index contributed by atoms with van der Waals surface area (Å²) in [4.78, 5) is 0. The van der Waals surface area contributed by atoms with Crippen molar-refractivity contribution in [2.75, 3.05) is 11.9 Å². The molecule has 0 radical (unpaired) electrons. The van der Waals surface area contributed by atoms with Crippen LogP contribution in [0.15, 0.2) is 54.6 Å². The second-order valence-electron chi connectivity index (χ2n) is 4.15. The standard InChI is InChI=1S/C15H16FNO/c16-13-6-8-14(9-7-13)17-11-10-15(18)12-4-2-1-3-5-12/h1-9,15,17-18H,10-11H2. The monoisotopic (exact) mass is 245 g/mol. The summed E-state index contributed by atoms with van der Waals surface area (Å²) in [7, 11) is 0. The molecule has 2 rings (SSSR count). The Morgan fingerprint density at radius 1 is 1.00 bits per heavy atom. The van der Waals surface area contributed by atoms with E-state index in [0.717, 1.165) is 11.3 Å². The molecule has 18 heavy (non-hydrogen) atoms. The van der Waals surface area contributed by atoms with E-state index in [1.807, 2.05) is 30.3 Å². The van der Waals surface area contributed by atoms with Gasteiger partial charge in [-0.05, 0) is 36.2 Å². The van der Waals surface area contributed by atoms with Crippen molar-refractivity contribution >= 4 is 5.69 Å². The first-order chi connectivity index (χ1) is 8.75. The summed E-state index contributed by atoms with van der Waals surface area (Å²) in [6.45, 7) is 0.641. The lowest BCUT2D eigenvalue weighted by atomic mass is 10.1. The van der Waals surface area contributed by atoms with E-state index < -0.39 is 6.10 Å². The average molecular weight is 245 g/mol. The van der Waals surface area contributed by atoms with Gasteiger partial charge in [0.15, 0.2) is 0 Å². The van der Waals surface area contributed by atoms with Crippen LogP contribution in [-0.2, 0) is 0 Å². The molecule has 3 heteroatoms. The average Bonchev–Trinajstić information content (AvgIpc) is 2.42. The second-order valence-corrected chi connectivity index (χ2v) is 4.15. The molecular formula is C15H16FNO. The predicted molar refractivity (Wildman–Crippen MR) is 70.9 cm³/mol. The molecule has 0 fully saturated rings. The number of nitrogens with one attached hydrogen (secondary N) is 1. The van der Waals surface area contributed by atoms with Crippen LogP contribution >= 0.6 is 0 Å². The number of halogens is 1. The molecule has 0 bridgehead atoms. The van der Waals surface area contributed by atoms with E-state index in [1.54, 1.807) is 12.1 Å². The zero-order valence-electron chi connectivity index (χ0n) is 10.0. The van der Waals surface area contributed by atoms with Gasteiger partial charge < -0.3 is 10.4 Å². The quantitative estimate of drug-likeness (QED) is 0.846. The Labute approximate surface area is 106 Å². The van der Waals surface area contributed by atoms with Gasteiger partial charge in [-0.3, -0.25) is 0 Å². The molecule has 0 spiro atoms. The lowest BCUT2D eigenvalue weighted by molar-refractivity contribution is 0.171. The molecule has 0 heterocycles. The van der Waals surface area contributed by atoms with Crippen molar-refractivity contribution in [3.63, 3.8) is 0 Å². The minimum absolute atomic E-state index is 0.245. The van der Waals surface area contributed by atoms with Crippen molar-refractivity contribution in [1.29, 1.82) is 0 Å². The first-order valence-electron chi connectivity index (χ1n) is 5.98. The summed E-state index contributed by atoms with van der Waals surface area (Å²) in [5.41, 5.74) is 1.77. The lowest BCUT2D eigenvalue weighted by Gasteiger charge is -2.12. The molecule has 1 atom stereocenters. The molecule has 94 valence electrons. The largest absolute Gasteiger partial charge is 0.388 e. The summed E-state index contributed by atoms with van der Waals surface area (Å²) in [5.74, 6) is -0.245. The fourth-order valence-electron chi connectivity index (χ4n) is 1.76. The highest BCUT2D eigenvalue weighted by Gasteiger charge is 2.05. The minimum Gasteiger partial charge on any atom is -0.388 e. The van der Waals surface area contributed by atoms with Gasteiger partial charge in [0, 0.05) is 12.2 Å².